The summed E-state index contributed by atoms with van der Waals surface area (Å²) >= 11 is 1.70. The number of nitrogens with two attached hydrogens (primary N) is 1. The second kappa shape index (κ2) is 9.51. The summed E-state index contributed by atoms with van der Waals surface area (Å²) in [6.45, 7) is 1.98. The van der Waals surface area contributed by atoms with Crippen LogP contribution in [0.2, 0.25) is 0 Å². The minimum Gasteiger partial charge on any atom is -0.340 e. The lowest BCUT2D eigenvalue weighted by Gasteiger charge is -2.29. The SMILES string of the molecule is Cl.NC[C@@H]1CN(C(=O)C2CSCN2C(=O)C2CCCC2)C[C@H]1c1ccccc1. The van der Waals surface area contributed by atoms with Gasteiger partial charge in [-0.1, -0.05) is 43.2 Å². The molecule has 2 aliphatic heterocycles. The second-order valence-corrected chi connectivity index (χ2v) is 9.06. The third-order valence-corrected chi connectivity index (χ3v) is 7.45. The molecule has 5 nitrogen and oxygen atoms in total. The number of amides is 2. The lowest BCUT2D eigenvalue weighted by Crippen LogP contribution is -2.49. The molecular formula is C21H30ClN3O2S. The van der Waals surface area contributed by atoms with Crippen molar-refractivity contribution in [3.63, 3.8) is 0 Å². The Bertz CT molecular complexity index is 683. The quantitative estimate of drug-likeness (QED) is 0.808. The van der Waals surface area contributed by atoms with Crippen LogP contribution >= 0.6 is 24.2 Å². The van der Waals surface area contributed by atoms with E-state index in [1.54, 1.807) is 11.8 Å². The van der Waals surface area contributed by atoms with Crippen molar-refractivity contribution in [1.82, 2.24) is 9.80 Å². The Morgan fingerprint density at radius 3 is 2.46 bits per heavy atom. The van der Waals surface area contributed by atoms with Crippen LogP contribution in [0.3, 0.4) is 0 Å². The van der Waals surface area contributed by atoms with Crippen LogP contribution in [0.4, 0.5) is 0 Å². The molecule has 3 fully saturated rings. The highest BCUT2D eigenvalue weighted by atomic mass is 35.5. The van der Waals surface area contributed by atoms with Crippen molar-refractivity contribution in [1.29, 1.82) is 0 Å². The molecule has 0 radical (unpaired) electrons. The Kier molecular flexibility index (Phi) is 7.29. The maximum atomic E-state index is 13.3. The van der Waals surface area contributed by atoms with Gasteiger partial charge < -0.3 is 15.5 Å². The van der Waals surface area contributed by atoms with Crippen LogP contribution in [0.1, 0.15) is 37.2 Å². The van der Waals surface area contributed by atoms with Gasteiger partial charge in [0.2, 0.25) is 11.8 Å². The lowest BCUT2D eigenvalue weighted by atomic mass is 9.89. The van der Waals surface area contributed by atoms with Crippen molar-refractivity contribution >= 4 is 36.0 Å². The number of thioether (sulfide) groups is 1. The fourth-order valence-corrected chi connectivity index (χ4v) is 6.01. The van der Waals surface area contributed by atoms with Crippen LogP contribution in [0.25, 0.3) is 0 Å². The Hall–Kier alpha value is -1.24. The second-order valence-electron chi connectivity index (χ2n) is 8.06. The topological polar surface area (TPSA) is 66.6 Å². The van der Waals surface area contributed by atoms with E-state index in [-0.39, 0.29) is 48.0 Å². The Morgan fingerprint density at radius 2 is 1.79 bits per heavy atom. The summed E-state index contributed by atoms with van der Waals surface area (Å²) in [4.78, 5) is 30.0. The number of carbonyl (C=O) groups excluding carboxylic acids is 2. The predicted molar refractivity (Wildman–Crippen MR) is 115 cm³/mol. The normalized spacial score (nSPS) is 27.8. The molecule has 1 aromatic carbocycles. The van der Waals surface area contributed by atoms with Gasteiger partial charge >= 0.3 is 0 Å². The number of halogens is 1. The van der Waals surface area contributed by atoms with Gasteiger partial charge in [-0.2, -0.15) is 0 Å². The maximum absolute atomic E-state index is 13.3. The number of hydrogen-bond donors (Lipinski definition) is 1. The van der Waals surface area contributed by atoms with E-state index in [2.05, 4.69) is 12.1 Å². The number of benzene rings is 1. The summed E-state index contributed by atoms with van der Waals surface area (Å²) in [6.07, 6.45) is 4.24. The molecule has 1 unspecified atom stereocenters. The molecule has 28 heavy (non-hydrogen) atoms. The molecule has 154 valence electrons. The zero-order chi connectivity index (χ0) is 18.8. The Balaban J connectivity index is 0.00000225. The molecule has 2 heterocycles. The summed E-state index contributed by atoms with van der Waals surface area (Å²) in [5.74, 6) is 2.39. The smallest absolute Gasteiger partial charge is 0.246 e. The average Bonchev–Trinajstić information content (AvgIpc) is 3.47. The summed E-state index contributed by atoms with van der Waals surface area (Å²) in [5.41, 5.74) is 7.28. The first-order valence-electron chi connectivity index (χ1n) is 10.1. The molecule has 7 heteroatoms. The number of carbonyl (C=O) groups is 2. The molecular weight excluding hydrogens is 394 g/mol. The summed E-state index contributed by atoms with van der Waals surface area (Å²) < 4.78 is 0. The number of nitrogens with zero attached hydrogens (tertiary/aromatic N) is 2. The molecule has 4 rings (SSSR count). The minimum atomic E-state index is -0.295. The number of hydrogen-bond acceptors (Lipinski definition) is 4. The molecule has 0 spiro atoms. The minimum absolute atomic E-state index is 0. The first-order valence-corrected chi connectivity index (χ1v) is 11.3. The molecule has 2 N–H and O–H groups in total. The van der Waals surface area contributed by atoms with E-state index in [4.69, 9.17) is 5.73 Å². The molecule has 2 amide bonds. The average molecular weight is 424 g/mol. The molecule has 1 saturated carbocycles. The predicted octanol–water partition coefficient (Wildman–Crippen LogP) is 2.70. The van der Waals surface area contributed by atoms with E-state index in [0.717, 1.165) is 31.4 Å². The highest BCUT2D eigenvalue weighted by Crippen LogP contribution is 2.35. The van der Waals surface area contributed by atoms with Gasteiger partial charge in [-0.3, -0.25) is 9.59 Å². The van der Waals surface area contributed by atoms with Crippen LogP contribution in [-0.4, -0.2) is 58.9 Å². The van der Waals surface area contributed by atoms with Gasteiger partial charge in [-0.25, -0.2) is 0 Å². The van der Waals surface area contributed by atoms with Crippen LogP contribution < -0.4 is 5.73 Å². The largest absolute Gasteiger partial charge is 0.340 e. The van der Waals surface area contributed by atoms with E-state index < -0.39 is 0 Å². The highest BCUT2D eigenvalue weighted by molar-refractivity contribution is 7.99. The zero-order valence-corrected chi connectivity index (χ0v) is 17.8. The maximum Gasteiger partial charge on any atom is 0.246 e. The fraction of sp³-hybridized carbons (Fsp3) is 0.619. The summed E-state index contributed by atoms with van der Waals surface area (Å²) in [7, 11) is 0. The Morgan fingerprint density at radius 1 is 1.07 bits per heavy atom. The zero-order valence-electron chi connectivity index (χ0n) is 16.2. The number of rotatable bonds is 4. The molecule has 0 aromatic heterocycles. The summed E-state index contributed by atoms with van der Waals surface area (Å²) in [5, 5.41) is 0. The van der Waals surface area contributed by atoms with Crippen molar-refractivity contribution in [3.8, 4) is 0 Å². The van der Waals surface area contributed by atoms with Gasteiger partial charge in [0.15, 0.2) is 0 Å². The van der Waals surface area contributed by atoms with Crippen LogP contribution in [0.5, 0.6) is 0 Å². The highest BCUT2D eigenvalue weighted by Gasteiger charge is 2.43. The van der Waals surface area contributed by atoms with Crippen LogP contribution in [-0.2, 0) is 9.59 Å². The fourth-order valence-electron chi connectivity index (χ4n) is 4.85. The monoisotopic (exact) mass is 423 g/mol. The van der Waals surface area contributed by atoms with Gasteiger partial charge in [-0.05, 0) is 30.9 Å². The van der Waals surface area contributed by atoms with Crippen molar-refractivity contribution in [2.24, 2.45) is 17.6 Å². The van der Waals surface area contributed by atoms with Crippen molar-refractivity contribution in [2.75, 3.05) is 31.3 Å². The number of likely N-dealkylation sites (tertiary alicyclic amines) is 1. The van der Waals surface area contributed by atoms with Gasteiger partial charge in [0.1, 0.15) is 6.04 Å². The Labute approximate surface area is 177 Å². The molecule has 2 saturated heterocycles. The van der Waals surface area contributed by atoms with Crippen molar-refractivity contribution in [3.05, 3.63) is 35.9 Å². The van der Waals surface area contributed by atoms with E-state index in [1.807, 2.05) is 28.0 Å². The van der Waals surface area contributed by atoms with Gasteiger partial charge in [-0.15, -0.1) is 24.2 Å². The lowest BCUT2D eigenvalue weighted by molar-refractivity contribution is -0.145. The van der Waals surface area contributed by atoms with Gasteiger partial charge in [0, 0.05) is 30.7 Å². The molecule has 3 atom stereocenters. The standard InChI is InChI=1S/C21H29N3O2S.ClH/c22-10-17-11-23(12-18(17)15-6-2-1-3-7-15)21(26)19-13-27-14-24(19)20(25)16-8-4-5-9-16;/h1-3,6-7,16-19H,4-5,8-14,22H2;1H/t17-,18+,19?;/m1./s1. The third kappa shape index (κ3) is 4.19. The van der Waals surface area contributed by atoms with Crippen molar-refractivity contribution < 1.29 is 9.59 Å². The van der Waals surface area contributed by atoms with Gasteiger partial charge in [0.05, 0.1) is 5.88 Å². The molecule has 1 aliphatic carbocycles. The van der Waals surface area contributed by atoms with E-state index in [1.165, 1.54) is 5.56 Å². The van der Waals surface area contributed by atoms with Crippen LogP contribution in [0.15, 0.2) is 30.3 Å². The van der Waals surface area contributed by atoms with Crippen LogP contribution in [0, 0.1) is 11.8 Å². The third-order valence-electron chi connectivity index (χ3n) is 6.44. The first-order chi connectivity index (χ1) is 13.2. The molecule has 3 aliphatic rings. The summed E-state index contributed by atoms with van der Waals surface area (Å²) in [6, 6.07) is 10.1. The van der Waals surface area contributed by atoms with E-state index in [9.17, 15) is 9.59 Å². The van der Waals surface area contributed by atoms with E-state index >= 15 is 0 Å². The molecule has 1 aromatic rings. The molecule has 0 bridgehead atoms. The van der Waals surface area contributed by atoms with Gasteiger partial charge in [0.25, 0.3) is 0 Å². The first kappa shape index (κ1) is 21.5. The van der Waals surface area contributed by atoms with E-state index in [0.29, 0.717) is 25.5 Å². The van der Waals surface area contributed by atoms with Crippen molar-refractivity contribution in [2.45, 2.75) is 37.6 Å².